The van der Waals surface area contributed by atoms with Crippen LogP contribution in [0.15, 0.2) is 0 Å². The molecule has 1 saturated heterocycles. The zero-order valence-electron chi connectivity index (χ0n) is 12.5. The maximum atomic E-state index is 5.43. The predicted octanol–water partition coefficient (Wildman–Crippen LogP) is 2.92. The summed E-state index contributed by atoms with van der Waals surface area (Å²) in [4.78, 5) is 9.42. The van der Waals surface area contributed by atoms with Crippen molar-refractivity contribution in [3.8, 4) is 0 Å². The van der Waals surface area contributed by atoms with E-state index in [2.05, 4.69) is 33.0 Å². The van der Waals surface area contributed by atoms with Gasteiger partial charge in [0.25, 0.3) is 0 Å². The average Bonchev–Trinajstić information content (AvgIpc) is 2.81. The second-order valence-corrected chi connectivity index (χ2v) is 5.61. The van der Waals surface area contributed by atoms with Crippen molar-refractivity contribution in [1.82, 2.24) is 9.97 Å². The van der Waals surface area contributed by atoms with Gasteiger partial charge < -0.3 is 10.1 Å². The summed E-state index contributed by atoms with van der Waals surface area (Å²) in [6.07, 6.45) is 2.06. The number of nitrogens with one attached hydrogen (secondary N) is 1. The molecule has 106 valence electrons. The third kappa shape index (κ3) is 3.44. The predicted molar refractivity (Wildman–Crippen MR) is 77.7 cm³/mol. The minimum atomic E-state index is 0.443. The van der Waals surface area contributed by atoms with E-state index in [1.165, 1.54) is 5.56 Å². The summed E-state index contributed by atoms with van der Waals surface area (Å²) in [6, 6.07) is 0. The first kappa shape index (κ1) is 14.3. The number of aromatic nitrogens is 2. The molecule has 4 heteroatoms. The monoisotopic (exact) mass is 263 g/mol. The van der Waals surface area contributed by atoms with Crippen LogP contribution in [0.1, 0.15) is 50.2 Å². The van der Waals surface area contributed by atoms with Gasteiger partial charge in [0.1, 0.15) is 11.6 Å². The lowest BCUT2D eigenvalue weighted by atomic mass is 10.0. The molecule has 1 atom stereocenters. The normalized spacial score (nSPS) is 19.1. The molecule has 0 bridgehead atoms. The Morgan fingerprint density at radius 2 is 2.16 bits per heavy atom. The maximum Gasteiger partial charge on any atom is 0.133 e. The van der Waals surface area contributed by atoms with E-state index in [0.29, 0.717) is 11.8 Å². The van der Waals surface area contributed by atoms with Gasteiger partial charge in [0, 0.05) is 37.4 Å². The first-order chi connectivity index (χ1) is 9.11. The molecule has 1 aromatic heterocycles. The molecule has 0 aromatic carbocycles. The Kier molecular flexibility index (Phi) is 4.75. The van der Waals surface area contributed by atoms with Gasteiger partial charge in [-0.15, -0.1) is 0 Å². The van der Waals surface area contributed by atoms with E-state index in [1.807, 2.05) is 0 Å². The fourth-order valence-corrected chi connectivity index (χ4v) is 2.73. The fraction of sp³-hybridized carbons (Fsp3) is 0.733. The first-order valence-corrected chi connectivity index (χ1v) is 7.30. The van der Waals surface area contributed by atoms with Crippen LogP contribution in [0.4, 0.5) is 5.82 Å². The SMILES string of the molecule is CCNc1nc(CC2CCOC2)nc(C)c1C(C)C. The summed E-state index contributed by atoms with van der Waals surface area (Å²) in [7, 11) is 0. The Balaban J connectivity index is 2.25. The van der Waals surface area contributed by atoms with Gasteiger partial charge in [-0.1, -0.05) is 13.8 Å². The van der Waals surface area contributed by atoms with Crippen LogP contribution in [0, 0.1) is 12.8 Å². The molecule has 0 amide bonds. The lowest BCUT2D eigenvalue weighted by molar-refractivity contribution is 0.185. The van der Waals surface area contributed by atoms with E-state index in [4.69, 9.17) is 14.7 Å². The van der Waals surface area contributed by atoms with Crippen molar-refractivity contribution < 1.29 is 4.74 Å². The standard InChI is InChI=1S/C15H25N3O/c1-5-16-15-14(10(2)3)11(4)17-13(18-15)8-12-6-7-19-9-12/h10,12H,5-9H2,1-4H3,(H,16,17,18). The van der Waals surface area contributed by atoms with Crippen molar-refractivity contribution in [1.29, 1.82) is 0 Å². The van der Waals surface area contributed by atoms with Crippen LogP contribution in [0.25, 0.3) is 0 Å². The van der Waals surface area contributed by atoms with Crippen LogP contribution in [-0.2, 0) is 11.2 Å². The molecular weight excluding hydrogens is 238 g/mol. The van der Waals surface area contributed by atoms with E-state index in [9.17, 15) is 0 Å². The number of anilines is 1. The molecule has 1 aromatic rings. The highest BCUT2D eigenvalue weighted by Gasteiger charge is 2.20. The van der Waals surface area contributed by atoms with Crippen LogP contribution in [0.5, 0.6) is 0 Å². The zero-order valence-corrected chi connectivity index (χ0v) is 12.5. The van der Waals surface area contributed by atoms with Crippen LogP contribution in [-0.4, -0.2) is 29.7 Å². The van der Waals surface area contributed by atoms with Crippen LogP contribution in [0.3, 0.4) is 0 Å². The molecule has 1 aliphatic rings. The van der Waals surface area contributed by atoms with Gasteiger partial charge in [0.05, 0.1) is 0 Å². The number of nitrogens with zero attached hydrogens (tertiary/aromatic N) is 2. The van der Waals surface area contributed by atoms with Crippen molar-refractivity contribution in [2.75, 3.05) is 25.1 Å². The van der Waals surface area contributed by atoms with Gasteiger partial charge in [-0.2, -0.15) is 0 Å². The minimum absolute atomic E-state index is 0.443. The average molecular weight is 263 g/mol. The van der Waals surface area contributed by atoms with Crippen LogP contribution in [0.2, 0.25) is 0 Å². The molecule has 0 saturated carbocycles. The van der Waals surface area contributed by atoms with Crippen LogP contribution < -0.4 is 5.32 Å². The Labute approximate surface area is 116 Å². The second-order valence-electron chi connectivity index (χ2n) is 5.61. The van der Waals surface area contributed by atoms with Crippen molar-refractivity contribution in [3.63, 3.8) is 0 Å². The molecule has 4 nitrogen and oxygen atoms in total. The molecule has 0 spiro atoms. The third-order valence-electron chi connectivity index (χ3n) is 3.60. The summed E-state index contributed by atoms with van der Waals surface area (Å²) in [5.41, 5.74) is 2.35. The Bertz CT molecular complexity index is 426. The van der Waals surface area contributed by atoms with E-state index in [-0.39, 0.29) is 0 Å². The quantitative estimate of drug-likeness (QED) is 0.887. The van der Waals surface area contributed by atoms with Crippen molar-refractivity contribution in [2.24, 2.45) is 5.92 Å². The smallest absolute Gasteiger partial charge is 0.133 e. The highest BCUT2D eigenvalue weighted by atomic mass is 16.5. The molecule has 1 aliphatic heterocycles. The highest BCUT2D eigenvalue weighted by Crippen LogP contribution is 2.26. The summed E-state index contributed by atoms with van der Waals surface area (Å²) < 4.78 is 5.43. The Morgan fingerprint density at radius 1 is 1.37 bits per heavy atom. The lowest BCUT2D eigenvalue weighted by Crippen LogP contribution is -2.14. The number of aryl methyl sites for hydroxylation is 1. The Morgan fingerprint density at radius 3 is 2.74 bits per heavy atom. The van der Waals surface area contributed by atoms with Crippen molar-refractivity contribution >= 4 is 5.82 Å². The number of hydrogen-bond donors (Lipinski definition) is 1. The van der Waals surface area contributed by atoms with E-state index < -0.39 is 0 Å². The van der Waals surface area contributed by atoms with Crippen molar-refractivity contribution in [3.05, 3.63) is 17.1 Å². The van der Waals surface area contributed by atoms with Gasteiger partial charge in [-0.25, -0.2) is 9.97 Å². The van der Waals surface area contributed by atoms with Crippen molar-refractivity contribution in [2.45, 2.75) is 46.5 Å². The lowest BCUT2D eigenvalue weighted by Gasteiger charge is -2.17. The van der Waals surface area contributed by atoms with E-state index in [0.717, 1.165) is 49.9 Å². The molecule has 19 heavy (non-hydrogen) atoms. The topological polar surface area (TPSA) is 47.0 Å². The molecule has 1 fully saturated rings. The summed E-state index contributed by atoms with van der Waals surface area (Å²) in [6.45, 7) is 11.2. The maximum absolute atomic E-state index is 5.43. The molecule has 1 N–H and O–H groups in total. The summed E-state index contributed by atoms with van der Waals surface area (Å²) >= 11 is 0. The molecule has 0 radical (unpaired) electrons. The Hall–Kier alpha value is -1.16. The van der Waals surface area contributed by atoms with Gasteiger partial charge in [0.15, 0.2) is 0 Å². The summed E-state index contributed by atoms with van der Waals surface area (Å²) in [5, 5.41) is 3.38. The number of hydrogen-bond acceptors (Lipinski definition) is 4. The van der Waals surface area contributed by atoms with Gasteiger partial charge >= 0.3 is 0 Å². The largest absolute Gasteiger partial charge is 0.381 e. The highest BCUT2D eigenvalue weighted by molar-refractivity contribution is 5.48. The van der Waals surface area contributed by atoms with Gasteiger partial charge in [-0.3, -0.25) is 0 Å². The second kappa shape index (κ2) is 6.33. The molecule has 2 heterocycles. The molecule has 2 rings (SSSR count). The van der Waals surface area contributed by atoms with Gasteiger partial charge in [-0.05, 0) is 32.1 Å². The third-order valence-corrected chi connectivity index (χ3v) is 3.60. The van der Waals surface area contributed by atoms with E-state index in [1.54, 1.807) is 0 Å². The van der Waals surface area contributed by atoms with E-state index >= 15 is 0 Å². The fourth-order valence-electron chi connectivity index (χ4n) is 2.73. The zero-order chi connectivity index (χ0) is 13.8. The molecule has 0 aliphatic carbocycles. The molecular formula is C15H25N3O. The van der Waals surface area contributed by atoms with Crippen LogP contribution >= 0.6 is 0 Å². The minimum Gasteiger partial charge on any atom is -0.381 e. The summed E-state index contributed by atoms with van der Waals surface area (Å²) in [5.74, 6) is 2.99. The number of rotatable bonds is 5. The van der Waals surface area contributed by atoms with Gasteiger partial charge in [0.2, 0.25) is 0 Å². The first-order valence-electron chi connectivity index (χ1n) is 7.30. The number of ether oxygens (including phenoxy) is 1. The molecule has 1 unspecified atom stereocenters.